The van der Waals surface area contributed by atoms with Crippen LogP contribution in [0.4, 0.5) is 8.78 Å². The van der Waals surface area contributed by atoms with Crippen molar-refractivity contribution < 1.29 is 17.2 Å². The van der Waals surface area contributed by atoms with Crippen LogP contribution in [-0.2, 0) is 16.6 Å². The minimum absolute atomic E-state index is 0. The van der Waals surface area contributed by atoms with Gasteiger partial charge in [0, 0.05) is 19.3 Å². The molecule has 1 aliphatic rings. The molecular weight excluding hydrogens is 326 g/mol. The molecule has 21 heavy (non-hydrogen) atoms. The molecule has 0 unspecified atom stereocenters. The van der Waals surface area contributed by atoms with E-state index in [1.807, 2.05) is 0 Å². The number of hydrogen-bond donors (Lipinski definition) is 1. The molecule has 0 aromatic carbocycles. The van der Waals surface area contributed by atoms with Crippen molar-refractivity contribution in [3.63, 3.8) is 0 Å². The van der Waals surface area contributed by atoms with Crippen molar-refractivity contribution in [1.29, 1.82) is 0 Å². The summed E-state index contributed by atoms with van der Waals surface area (Å²) in [6, 6.07) is -0.0697. The maximum atomic E-state index is 12.4. The topological polar surface area (TPSA) is 67.2 Å². The van der Waals surface area contributed by atoms with E-state index in [9.17, 15) is 17.2 Å². The predicted octanol–water partition coefficient (Wildman–Crippen LogP) is 0.942. The zero-order chi connectivity index (χ0) is 14.8. The molecule has 1 aromatic heterocycles. The fourth-order valence-corrected chi connectivity index (χ4v) is 3.62. The van der Waals surface area contributed by atoms with Crippen molar-refractivity contribution >= 4 is 22.4 Å². The number of nitrogens with one attached hydrogen (secondary N) is 1. The van der Waals surface area contributed by atoms with Crippen LogP contribution in [0.1, 0.15) is 12.8 Å². The standard InChI is InChI=1S/C11H18F2N4O2S.ClH/c1-16(9-2-4-14-5-3-9)20(18,19)10-6-15-17(7-10)8-11(12)13;/h6-7,9,11,14H,2-5,8H2,1H3;1H. The van der Waals surface area contributed by atoms with E-state index < -0.39 is 23.0 Å². The third-order valence-electron chi connectivity index (χ3n) is 3.43. The van der Waals surface area contributed by atoms with Gasteiger partial charge in [0.1, 0.15) is 11.4 Å². The Morgan fingerprint density at radius 3 is 2.67 bits per heavy atom. The van der Waals surface area contributed by atoms with Gasteiger partial charge in [-0.2, -0.15) is 9.40 Å². The second kappa shape index (κ2) is 7.48. The van der Waals surface area contributed by atoms with Gasteiger partial charge in [0.15, 0.2) is 0 Å². The largest absolute Gasteiger partial charge is 0.317 e. The first-order valence-electron chi connectivity index (χ1n) is 6.40. The van der Waals surface area contributed by atoms with E-state index in [2.05, 4.69) is 10.4 Å². The average Bonchev–Trinajstić information content (AvgIpc) is 2.87. The highest BCUT2D eigenvalue weighted by molar-refractivity contribution is 7.89. The van der Waals surface area contributed by atoms with E-state index in [0.717, 1.165) is 43.0 Å². The molecule has 0 radical (unpaired) electrons. The lowest BCUT2D eigenvalue weighted by atomic mass is 10.1. The number of rotatable bonds is 5. The highest BCUT2D eigenvalue weighted by atomic mass is 35.5. The summed E-state index contributed by atoms with van der Waals surface area (Å²) in [5.41, 5.74) is 0. The van der Waals surface area contributed by atoms with Gasteiger partial charge < -0.3 is 5.32 Å². The van der Waals surface area contributed by atoms with Crippen molar-refractivity contribution in [3.05, 3.63) is 12.4 Å². The van der Waals surface area contributed by atoms with E-state index in [4.69, 9.17) is 0 Å². The Balaban J connectivity index is 0.00000220. The van der Waals surface area contributed by atoms with Crippen LogP contribution in [0.15, 0.2) is 17.3 Å². The smallest absolute Gasteiger partial charge is 0.257 e. The quantitative estimate of drug-likeness (QED) is 0.863. The van der Waals surface area contributed by atoms with Crippen molar-refractivity contribution in [3.8, 4) is 0 Å². The van der Waals surface area contributed by atoms with Crippen LogP contribution in [0.2, 0.25) is 0 Å². The van der Waals surface area contributed by atoms with Crippen molar-refractivity contribution in [1.82, 2.24) is 19.4 Å². The summed E-state index contributed by atoms with van der Waals surface area (Å²) >= 11 is 0. The first-order valence-corrected chi connectivity index (χ1v) is 7.84. The third-order valence-corrected chi connectivity index (χ3v) is 5.30. The molecule has 2 heterocycles. The first kappa shape index (κ1) is 18.3. The number of nitrogens with zero attached hydrogens (tertiary/aromatic N) is 3. The fraction of sp³-hybridized carbons (Fsp3) is 0.727. The van der Waals surface area contributed by atoms with E-state index in [1.165, 1.54) is 11.4 Å². The lowest BCUT2D eigenvalue weighted by molar-refractivity contribution is 0.121. The molecule has 0 aliphatic carbocycles. The summed E-state index contributed by atoms with van der Waals surface area (Å²) < 4.78 is 51.6. The van der Waals surface area contributed by atoms with Gasteiger partial charge in [-0.25, -0.2) is 17.2 Å². The molecule has 0 spiro atoms. The number of halogens is 3. The molecule has 1 N–H and O–H groups in total. The predicted molar refractivity (Wildman–Crippen MR) is 76.3 cm³/mol. The molecular formula is C11H19ClF2N4O2S. The molecule has 0 amide bonds. The average molecular weight is 345 g/mol. The van der Waals surface area contributed by atoms with Crippen LogP contribution < -0.4 is 5.32 Å². The van der Waals surface area contributed by atoms with Gasteiger partial charge in [-0.3, -0.25) is 4.68 Å². The summed E-state index contributed by atoms with van der Waals surface area (Å²) in [5.74, 6) is 0. The normalized spacial score (nSPS) is 17.2. The second-order valence-corrected chi connectivity index (χ2v) is 6.79. The molecule has 0 atom stereocenters. The third kappa shape index (κ3) is 4.35. The van der Waals surface area contributed by atoms with Crippen molar-refractivity contribution in [2.45, 2.75) is 36.7 Å². The molecule has 10 heteroatoms. The van der Waals surface area contributed by atoms with Crippen LogP contribution in [-0.4, -0.2) is 55.1 Å². The van der Waals surface area contributed by atoms with E-state index >= 15 is 0 Å². The summed E-state index contributed by atoms with van der Waals surface area (Å²) in [7, 11) is -2.15. The molecule has 1 fully saturated rings. The molecule has 2 rings (SSSR count). The van der Waals surface area contributed by atoms with Gasteiger partial charge in [-0.05, 0) is 25.9 Å². The van der Waals surface area contributed by atoms with E-state index in [1.54, 1.807) is 0 Å². The summed E-state index contributed by atoms with van der Waals surface area (Å²) in [5, 5.41) is 6.83. The zero-order valence-electron chi connectivity index (χ0n) is 11.6. The SMILES string of the molecule is CN(C1CCNCC1)S(=O)(=O)c1cnn(CC(F)F)c1.Cl. The summed E-state index contributed by atoms with van der Waals surface area (Å²) in [6.45, 7) is 0.941. The van der Waals surface area contributed by atoms with E-state index in [-0.39, 0.29) is 23.3 Å². The minimum atomic E-state index is -3.68. The number of piperidine rings is 1. The number of sulfonamides is 1. The molecule has 0 saturated carbocycles. The fourth-order valence-electron chi connectivity index (χ4n) is 2.25. The Labute approximate surface area is 129 Å². The van der Waals surface area contributed by atoms with Crippen LogP contribution in [0.5, 0.6) is 0 Å². The molecule has 122 valence electrons. The Morgan fingerprint density at radius 2 is 2.10 bits per heavy atom. The maximum absolute atomic E-state index is 12.4. The minimum Gasteiger partial charge on any atom is -0.317 e. The van der Waals surface area contributed by atoms with Gasteiger partial charge in [-0.15, -0.1) is 12.4 Å². The lowest BCUT2D eigenvalue weighted by Gasteiger charge is -2.30. The van der Waals surface area contributed by atoms with Gasteiger partial charge >= 0.3 is 0 Å². The maximum Gasteiger partial charge on any atom is 0.257 e. The van der Waals surface area contributed by atoms with Gasteiger partial charge in [0.05, 0.1) is 6.20 Å². The number of hydrogen-bond acceptors (Lipinski definition) is 4. The zero-order valence-corrected chi connectivity index (χ0v) is 13.2. The number of alkyl halides is 2. The molecule has 1 aromatic rings. The van der Waals surface area contributed by atoms with Gasteiger partial charge in [-0.1, -0.05) is 0 Å². The Morgan fingerprint density at radius 1 is 1.48 bits per heavy atom. The highest BCUT2D eigenvalue weighted by Gasteiger charge is 2.30. The second-order valence-electron chi connectivity index (χ2n) is 4.79. The van der Waals surface area contributed by atoms with Crippen molar-refractivity contribution in [2.75, 3.05) is 20.1 Å². The van der Waals surface area contributed by atoms with Crippen LogP contribution >= 0.6 is 12.4 Å². The number of aromatic nitrogens is 2. The molecule has 0 bridgehead atoms. The molecule has 1 aliphatic heterocycles. The molecule has 6 nitrogen and oxygen atoms in total. The lowest BCUT2D eigenvalue weighted by Crippen LogP contribution is -2.43. The summed E-state index contributed by atoms with van der Waals surface area (Å²) in [4.78, 5) is -0.0424. The molecule has 1 saturated heterocycles. The van der Waals surface area contributed by atoms with Crippen LogP contribution in [0, 0.1) is 0 Å². The van der Waals surface area contributed by atoms with Crippen LogP contribution in [0.3, 0.4) is 0 Å². The first-order chi connectivity index (χ1) is 9.41. The van der Waals surface area contributed by atoms with Gasteiger partial charge in [0.25, 0.3) is 6.43 Å². The summed E-state index contributed by atoms with van der Waals surface area (Å²) in [6.07, 6.45) is 1.18. The Bertz CT molecular complexity index is 546. The van der Waals surface area contributed by atoms with Gasteiger partial charge in [0.2, 0.25) is 10.0 Å². The Kier molecular flexibility index (Phi) is 6.51. The van der Waals surface area contributed by atoms with Crippen molar-refractivity contribution in [2.24, 2.45) is 0 Å². The highest BCUT2D eigenvalue weighted by Crippen LogP contribution is 2.20. The monoisotopic (exact) mass is 344 g/mol. The van der Waals surface area contributed by atoms with E-state index in [0.29, 0.717) is 0 Å². The Hall–Kier alpha value is -0.770. The van der Waals surface area contributed by atoms with Crippen LogP contribution in [0.25, 0.3) is 0 Å².